The van der Waals surface area contributed by atoms with E-state index in [-0.39, 0.29) is 11.9 Å². The Morgan fingerprint density at radius 2 is 1.76 bits per heavy atom. The lowest BCUT2D eigenvalue weighted by atomic mass is 9.99. The molecule has 1 fully saturated rings. The minimum Gasteiger partial charge on any atom is -0.346 e. The van der Waals surface area contributed by atoms with E-state index < -0.39 is 0 Å². The van der Waals surface area contributed by atoms with Crippen molar-refractivity contribution in [2.45, 2.75) is 46.2 Å². The molecule has 2 aromatic rings. The maximum absolute atomic E-state index is 12.6. The van der Waals surface area contributed by atoms with Gasteiger partial charge in [0, 0.05) is 12.1 Å². The highest BCUT2D eigenvalue weighted by molar-refractivity contribution is 5.94. The molecule has 3 nitrogen and oxygen atoms in total. The molecule has 2 aromatic carbocycles. The van der Waals surface area contributed by atoms with Crippen molar-refractivity contribution < 1.29 is 4.79 Å². The van der Waals surface area contributed by atoms with Crippen LogP contribution in [0.25, 0.3) is 0 Å². The summed E-state index contributed by atoms with van der Waals surface area (Å²) < 4.78 is 0. The van der Waals surface area contributed by atoms with Gasteiger partial charge in [-0.25, -0.2) is 0 Å². The topological polar surface area (TPSA) is 32.3 Å². The van der Waals surface area contributed by atoms with Crippen LogP contribution in [0.1, 0.15) is 58.4 Å². The molecule has 1 aliphatic heterocycles. The van der Waals surface area contributed by atoms with Crippen LogP contribution in [0.5, 0.6) is 0 Å². The first kappa shape index (κ1) is 17.7. The zero-order valence-electron chi connectivity index (χ0n) is 15.5. The summed E-state index contributed by atoms with van der Waals surface area (Å²) in [5.41, 5.74) is 5.61. The molecule has 132 valence electrons. The molecule has 1 atom stereocenters. The van der Waals surface area contributed by atoms with Crippen molar-refractivity contribution in [2.75, 3.05) is 13.1 Å². The molecule has 0 unspecified atom stereocenters. The second kappa shape index (κ2) is 7.83. The fourth-order valence-corrected chi connectivity index (χ4v) is 3.54. The van der Waals surface area contributed by atoms with Crippen LogP contribution in [-0.2, 0) is 6.54 Å². The van der Waals surface area contributed by atoms with Gasteiger partial charge in [0.1, 0.15) is 0 Å². The van der Waals surface area contributed by atoms with E-state index in [0.717, 1.165) is 12.1 Å². The molecule has 0 bridgehead atoms. The van der Waals surface area contributed by atoms with Crippen LogP contribution < -0.4 is 5.32 Å². The van der Waals surface area contributed by atoms with Crippen molar-refractivity contribution in [1.82, 2.24) is 10.2 Å². The molecule has 3 rings (SSSR count). The van der Waals surface area contributed by atoms with Crippen LogP contribution >= 0.6 is 0 Å². The molecule has 1 saturated heterocycles. The Kier molecular flexibility index (Phi) is 5.54. The molecular formula is C22H28N2O. The summed E-state index contributed by atoms with van der Waals surface area (Å²) in [4.78, 5) is 15.0. The van der Waals surface area contributed by atoms with E-state index in [4.69, 9.17) is 0 Å². The predicted octanol–water partition coefficient (Wildman–Crippen LogP) is 4.39. The van der Waals surface area contributed by atoms with E-state index >= 15 is 0 Å². The highest BCUT2D eigenvalue weighted by Gasteiger charge is 2.15. The van der Waals surface area contributed by atoms with Gasteiger partial charge in [-0.05, 0) is 75.5 Å². The molecular weight excluding hydrogens is 308 g/mol. The minimum absolute atomic E-state index is 0.00308. The molecule has 0 spiro atoms. The Morgan fingerprint density at radius 1 is 1.08 bits per heavy atom. The van der Waals surface area contributed by atoms with Crippen molar-refractivity contribution in [2.24, 2.45) is 0 Å². The Bertz CT molecular complexity index is 730. The highest BCUT2D eigenvalue weighted by atomic mass is 16.1. The lowest BCUT2D eigenvalue weighted by Crippen LogP contribution is -2.27. The molecule has 1 amide bonds. The van der Waals surface area contributed by atoms with Crippen LogP contribution in [0, 0.1) is 13.8 Å². The van der Waals surface area contributed by atoms with E-state index in [1.54, 1.807) is 0 Å². The molecule has 1 N–H and O–H groups in total. The quantitative estimate of drug-likeness (QED) is 0.878. The third-order valence-corrected chi connectivity index (χ3v) is 5.07. The second-order valence-corrected chi connectivity index (χ2v) is 7.24. The van der Waals surface area contributed by atoms with Gasteiger partial charge in [-0.15, -0.1) is 0 Å². The van der Waals surface area contributed by atoms with Gasteiger partial charge in [-0.1, -0.05) is 35.9 Å². The number of aryl methyl sites for hydroxylation is 2. The van der Waals surface area contributed by atoms with Crippen LogP contribution in [0.2, 0.25) is 0 Å². The van der Waals surface area contributed by atoms with Gasteiger partial charge in [-0.3, -0.25) is 9.69 Å². The molecule has 1 heterocycles. The average Bonchev–Trinajstić information content (AvgIpc) is 3.10. The van der Waals surface area contributed by atoms with Gasteiger partial charge < -0.3 is 5.32 Å². The Hall–Kier alpha value is -2.13. The first-order valence-corrected chi connectivity index (χ1v) is 9.22. The number of rotatable bonds is 5. The fraction of sp³-hybridized carbons (Fsp3) is 0.409. The van der Waals surface area contributed by atoms with Gasteiger partial charge in [0.05, 0.1) is 6.04 Å². The molecule has 0 radical (unpaired) electrons. The zero-order valence-corrected chi connectivity index (χ0v) is 15.5. The third-order valence-electron chi connectivity index (χ3n) is 5.07. The monoisotopic (exact) mass is 336 g/mol. The van der Waals surface area contributed by atoms with Gasteiger partial charge in [0.2, 0.25) is 0 Å². The third kappa shape index (κ3) is 4.49. The highest BCUT2D eigenvalue weighted by Crippen LogP contribution is 2.20. The maximum atomic E-state index is 12.6. The Morgan fingerprint density at radius 3 is 2.44 bits per heavy atom. The van der Waals surface area contributed by atoms with Crippen LogP contribution in [0.3, 0.4) is 0 Å². The number of nitrogens with zero attached hydrogens (tertiary/aromatic N) is 1. The molecule has 0 aliphatic carbocycles. The van der Waals surface area contributed by atoms with Crippen molar-refractivity contribution >= 4 is 5.91 Å². The SMILES string of the molecule is Cc1ccc(C)c([C@H](C)NC(=O)c2ccc(CN3CCCC3)cc2)c1. The van der Waals surface area contributed by atoms with E-state index in [9.17, 15) is 4.79 Å². The number of nitrogens with one attached hydrogen (secondary N) is 1. The van der Waals surface area contributed by atoms with Crippen LogP contribution in [0.4, 0.5) is 0 Å². The molecule has 0 saturated carbocycles. The number of carbonyl (C=O) groups excluding carboxylic acids is 1. The van der Waals surface area contributed by atoms with Crippen molar-refractivity contribution in [3.8, 4) is 0 Å². The average molecular weight is 336 g/mol. The number of carbonyl (C=O) groups is 1. The van der Waals surface area contributed by atoms with Crippen molar-refractivity contribution in [3.63, 3.8) is 0 Å². The summed E-state index contributed by atoms with van der Waals surface area (Å²) in [6.07, 6.45) is 2.60. The molecule has 25 heavy (non-hydrogen) atoms. The molecule has 0 aromatic heterocycles. The van der Waals surface area contributed by atoms with Crippen LogP contribution in [0.15, 0.2) is 42.5 Å². The number of amides is 1. The predicted molar refractivity (Wildman–Crippen MR) is 103 cm³/mol. The number of likely N-dealkylation sites (tertiary alicyclic amines) is 1. The minimum atomic E-state index is -0.0128. The van der Waals surface area contributed by atoms with Crippen LogP contribution in [-0.4, -0.2) is 23.9 Å². The zero-order chi connectivity index (χ0) is 17.8. The fourth-order valence-electron chi connectivity index (χ4n) is 3.54. The number of benzene rings is 2. The molecule has 1 aliphatic rings. The van der Waals surface area contributed by atoms with Crippen molar-refractivity contribution in [3.05, 3.63) is 70.3 Å². The standard InChI is InChI=1S/C22H28N2O/c1-16-6-7-17(2)21(14-16)18(3)23-22(25)20-10-8-19(9-11-20)15-24-12-4-5-13-24/h6-11,14,18H,4-5,12-13,15H2,1-3H3,(H,23,25)/t18-/m0/s1. The summed E-state index contributed by atoms with van der Waals surface area (Å²) in [5, 5.41) is 3.12. The van der Waals surface area contributed by atoms with E-state index in [0.29, 0.717) is 0 Å². The normalized spacial score (nSPS) is 16.0. The van der Waals surface area contributed by atoms with E-state index in [1.165, 1.54) is 48.2 Å². The maximum Gasteiger partial charge on any atom is 0.251 e. The van der Waals surface area contributed by atoms with Gasteiger partial charge in [0.15, 0.2) is 0 Å². The smallest absolute Gasteiger partial charge is 0.251 e. The summed E-state index contributed by atoms with van der Waals surface area (Å²) in [6.45, 7) is 9.58. The second-order valence-electron chi connectivity index (χ2n) is 7.24. The number of hydrogen-bond donors (Lipinski definition) is 1. The lowest BCUT2D eigenvalue weighted by molar-refractivity contribution is 0.0940. The first-order chi connectivity index (χ1) is 12.0. The summed E-state index contributed by atoms with van der Waals surface area (Å²) in [6, 6.07) is 14.4. The van der Waals surface area contributed by atoms with E-state index in [2.05, 4.69) is 54.4 Å². The summed E-state index contributed by atoms with van der Waals surface area (Å²) in [5.74, 6) is -0.0128. The number of hydrogen-bond acceptors (Lipinski definition) is 2. The lowest BCUT2D eigenvalue weighted by Gasteiger charge is -2.18. The van der Waals surface area contributed by atoms with Gasteiger partial charge >= 0.3 is 0 Å². The summed E-state index contributed by atoms with van der Waals surface area (Å²) >= 11 is 0. The van der Waals surface area contributed by atoms with Gasteiger partial charge in [-0.2, -0.15) is 0 Å². The van der Waals surface area contributed by atoms with E-state index in [1.807, 2.05) is 19.1 Å². The summed E-state index contributed by atoms with van der Waals surface area (Å²) in [7, 11) is 0. The van der Waals surface area contributed by atoms with Gasteiger partial charge in [0.25, 0.3) is 5.91 Å². The van der Waals surface area contributed by atoms with Crippen molar-refractivity contribution in [1.29, 1.82) is 0 Å². The largest absolute Gasteiger partial charge is 0.346 e. The Balaban J connectivity index is 1.63. The molecule has 3 heteroatoms. The first-order valence-electron chi connectivity index (χ1n) is 9.22. The Labute approximate surface area is 151 Å².